The summed E-state index contributed by atoms with van der Waals surface area (Å²) in [5, 5.41) is 3.84. The number of halogens is 2. The standard InChI is InChI=1S/C28H38Cl2N2O4/c1-6-24(28(34)31-17-19(4)5)32(18-21-9-12-22(29)23(30)15-21)27(33)14-11-20-10-13-25(35-7-2)26(16-20)36-8-3/h9-10,12-13,15-16,19,24H,6-8,11,14,17-18H2,1-5H3,(H,31,34)/t24-/m1/s1. The van der Waals surface area contributed by atoms with Crippen LogP contribution in [0.5, 0.6) is 11.5 Å². The summed E-state index contributed by atoms with van der Waals surface area (Å²) in [7, 11) is 0. The third-order valence-corrected chi connectivity index (χ3v) is 6.38. The summed E-state index contributed by atoms with van der Waals surface area (Å²) in [6.07, 6.45) is 1.25. The molecule has 1 N–H and O–H groups in total. The van der Waals surface area contributed by atoms with E-state index in [0.29, 0.717) is 60.1 Å². The van der Waals surface area contributed by atoms with Gasteiger partial charge < -0.3 is 19.7 Å². The minimum Gasteiger partial charge on any atom is -0.490 e. The van der Waals surface area contributed by atoms with E-state index in [9.17, 15) is 9.59 Å². The Kier molecular flexibility index (Phi) is 12.4. The molecule has 8 heteroatoms. The highest BCUT2D eigenvalue weighted by Crippen LogP contribution is 2.29. The summed E-state index contributed by atoms with van der Waals surface area (Å²) >= 11 is 12.3. The van der Waals surface area contributed by atoms with E-state index in [0.717, 1.165) is 11.1 Å². The van der Waals surface area contributed by atoms with Crippen molar-refractivity contribution < 1.29 is 19.1 Å². The zero-order chi connectivity index (χ0) is 26.7. The van der Waals surface area contributed by atoms with Crippen LogP contribution in [0.1, 0.15) is 58.6 Å². The van der Waals surface area contributed by atoms with Crippen molar-refractivity contribution in [2.45, 2.75) is 66.5 Å². The van der Waals surface area contributed by atoms with Crippen molar-refractivity contribution >= 4 is 35.0 Å². The van der Waals surface area contributed by atoms with Gasteiger partial charge >= 0.3 is 0 Å². The van der Waals surface area contributed by atoms with Crippen LogP contribution in [0.4, 0.5) is 0 Å². The monoisotopic (exact) mass is 536 g/mol. The number of rotatable bonds is 14. The highest BCUT2D eigenvalue weighted by Gasteiger charge is 2.28. The Labute approximate surface area is 225 Å². The molecule has 2 rings (SSSR count). The summed E-state index contributed by atoms with van der Waals surface area (Å²) < 4.78 is 11.4. The first-order valence-electron chi connectivity index (χ1n) is 12.6. The smallest absolute Gasteiger partial charge is 0.242 e. The van der Waals surface area contributed by atoms with Crippen molar-refractivity contribution in [1.82, 2.24) is 10.2 Å². The van der Waals surface area contributed by atoms with Crippen LogP contribution in [-0.4, -0.2) is 42.5 Å². The van der Waals surface area contributed by atoms with Gasteiger partial charge in [0.15, 0.2) is 11.5 Å². The lowest BCUT2D eigenvalue weighted by Crippen LogP contribution is -2.49. The van der Waals surface area contributed by atoms with Gasteiger partial charge in [-0.15, -0.1) is 0 Å². The van der Waals surface area contributed by atoms with Crippen LogP contribution in [0.25, 0.3) is 0 Å². The fourth-order valence-electron chi connectivity index (χ4n) is 3.82. The summed E-state index contributed by atoms with van der Waals surface area (Å²) in [5.41, 5.74) is 1.77. The molecule has 0 spiro atoms. The minimum atomic E-state index is -0.593. The van der Waals surface area contributed by atoms with E-state index in [-0.39, 0.29) is 24.8 Å². The van der Waals surface area contributed by atoms with Crippen molar-refractivity contribution in [3.05, 3.63) is 57.6 Å². The molecule has 0 bridgehead atoms. The van der Waals surface area contributed by atoms with E-state index >= 15 is 0 Å². The van der Waals surface area contributed by atoms with Crippen molar-refractivity contribution in [1.29, 1.82) is 0 Å². The first-order valence-corrected chi connectivity index (χ1v) is 13.3. The van der Waals surface area contributed by atoms with Gasteiger partial charge in [-0.2, -0.15) is 0 Å². The van der Waals surface area contributed by atoms with E-state index in [2.05, 4.69) is 5.32 Å². The van der Waals surface area contributed by atoms with E-state index in [1.54, 1.807) is 17.0 Å². The number of benzene rings is 2. The largest absolute Gasteiger partial charge is 0.490 e. The first-order chi connectivity index (χ1) is 17.2. The highest BCUT2D eigenvalue weighted by atomic mass is 35.5. The summed E-state index contributed by atoms with van der Waals surface area (Å²) in [5.74, 6) is 1.39. The normalized spacial score (nSPS) is 11.8. The number of nitrogens with zero attached hydrogens (tertiary/aromatic N) is 1. The number of carbonyl (C=O) groups is 2. The molecule has 0 saturated heterocycles. The Bertz CT molecular complexity index is 1010. The van der Waals surface area contributed by atoms with Crippen molar-refractivity contribution in [3.8, 4) is 11.5 Å². The number of hydrogen-bond donors (Lipinski definition) is 1. The molecule has 0 unspecified atom stereocenters. The van der Waals surface area contributed by atoms with E-state index in [1.165, 1.54) is 0 Å². The Morgan fingerprint density at radius 3 is 2.19 bits per heavy atom. The summed E-state index contributed by atoms with van der Waals surface area (Å²) in [6.45, 7) is 11.7. The molecule has 0 aliphatic carbocycles. The zero-order valence-corrected chi connectivity index (χ0v) is 23.4. The Hall–Kier alpha value is -2.44. The van der Waals surface area contributed by atoms with Crippen LogP contribution in [-0.2, 0) is 22.6 Å². The molecule has 0 saturated carbocycles. The van der Waals surface area contributed by atoms with Gasteiger partial charge in [-0.3, -0.25) is 9.59 Å². The second-order valence-electron chi connectivity index (χ2n) is 8.98. The summed E-state index contributed by atoms with van der Waals surface area (Å²) in [6, 6.07) is 10.4. The van der Waals surface area contributed by atoms with Crippen LogP contribution in [0.3, 0.4) is 0 Å². The van der Waals surface area contributed by atoms with Gasteiger partial charge in [-0.25, -0.2) is 0 Å². The average Bonchev–Trinajstić information content (AvgIpc) is 2.84. The third kappa shape index (κ3) is 8.90. The fourth-order valence-corrected chi connectivity index (χ4v) is 4.14. The molecule has 0 heterocycles. The fraction of sp³-hybridized carbons (Fsp3) is 0.500. The molecular weight excluding hydrogens is 499 g/mol. The van der Waals surface area contributed by atoms with Gasteiger partial charge in [-0.1, -0.05) is 56.1 Å². The van der Waals surface area contributed by atoms with E-state index < -0.39 is 6.04 Å². The second-order valence-corrected chi connectivity index (χ2v) is 9.79. The number of aryl methyl sites for hydroxylation is 1. The predicted octanol–water partition coefficient (Wildman–Crippen LogP) is 6.30. The van der Waals surface area contributed by atoms with Gasteiger partial charge in [0, 0.05) is 19.5 Å². The van der Waals surface area contributed by atoms with Crippen LogP contribution in [0.15, 0.2) is 36.4 Å². The Morgan fingerprint density at radius 2 is 1.58 bits per heavy atom. The van der Waals surface area contributed by atoms with Crippen LogP contribution in [0.2, 0.25) is 10.0 Å². The second kappa shape index (κ2) is 15.0. The first kappa shape index (κ1) is 29.8. The molecule has 198 valence electrons. The molecule has 0 fully saturated rings. The molecule has 0 radical (unpaired) electrons. The number of carbonyl (C=O) groups excluding carboxylic acids is 2. The van der Waals surface area contributed by atoms with Crippen molar-refractivity contribution in [2.24, 2.45) is 5.92 Å². The van der Waals surface area contributed by atoms with Crippen LogP contribution < -0.4 is 14.8 Å². The Balaban J connectivity index is 2.25. The lowest BCUT2D eigenvalue weighted by molar-refractivity contribution is -0.141. The molecular formula is C28H38Cl2N2O4. The Morgan fingerprint density at radius 1 is 0.917 bits per heavy atom. The van der Waals surface area contributed by atoms with Crippen LogP contribution >= 0.6 is 23.2 Å². The predicted molar refractivity (Wildman–Crippen MR) is 146 cm³/mol. The van der Waals surface area contributed by atoms with Gasteiger partial charge in [-0.05, 0) is 68.0 Å². The summed E-state index contributed by atoms with van der Waals surface area (Å²) in [4.78, 5) is 28.2. The number of nitrogens with one attached hydrogen (secondary N) is 1. The molecule has 2 aromatic carbocycles. The maximum atomic E-state index is 13.5. The highest BCUT2D eigenvalue weighted by molar-refractivity contribution is 6.42. The molecule has 6 nitrogen and oxygen atoms in total. The zero-order valence-electron chi connectivity index (χ0n) is 21.9. The topological polar surface area (TPSA) is 67.9 Å². The molecule has 2 amide bonds. The molecule has 36 heavy (non-hydrogen) atoms. The average molecular weight is 538 g/mol. The molecule has 0 aromatic heterocycles. The third-order valence-electron chi connectivity index (χ3n) is 5.64. The molecule has 2 aromatic rings. The SMILES string of the molecule is CCOc1ccc(CCC(=O)N(Cc2ccc(Cl)c(Cl)c2)[C@H](CC)C(=O)NCC(C)C)cc1OCC. The van der Waals surface area contributed by atoms with Gasteiger partial charge in [0.1, 0.15) is 6.04 Å². The number of ether oxygens (including phenoxy) is 2. The lowest BCUT2D eigenvalue weighted by Gasteiger charge is -2.31. The maximum absolute atomic E-state index is 13.5. The molecule has 0 aliphatic heterocycles. The van der Waals surface area contributed by atoms with Crippen molar-refractivity contribution in [2.75, 3.05) is 19.8 Å². The molecule has 0 aliphatic rings. The minimum absolute atomic E-state index is 0.112. The van der Waals surface area contributed by atoms with E-state index in [4.69, 9.17) is 32.7 Å². The van der Waals surface area contributed by atoms with Gasteiger partial charge in [0.05, 0.1) is 23.3 Å². The number of hydrogen-bond acceptors (Lipinski definition) is 4. The van der Waals surface area contributed by atoms with Crippen molar-refractivity contribution in [3.63, 3.8) is 0 Å². The lowest BCUT2D eigenvalue weighted by atomic mass is 10.1. The quantitative estimate of drug-likeness (QED) is 0.307. The van der Waals surface area contributed by atoms with E-state index in [1.807, 2.05) is 58.9 Å². The maximum Gasteiger partial charge on any atom is 0.242 e. The number of amides is 2. The van der Waals surface area contributed by atoms with Crippen LogP contribution in [0, 0.1) is 5.92 Å². The molecule has 1 atom stereocenters. The van der Waals surface area contributed by atoms with Gasteiger partial charge in [0.25, 0.3) is 0 Å². The van der Waals surface area contributed by atoms with Gasteiger partial charge in [0.2, 0.25) is 11.8 Å².